The zero-order chi connectivity index (χ0) is 23.9. The predicted molar refractivity (Wildman–Crippen MR) is 125 cm³/mol. The van der Waals surface area contributed by atoms with Crippen molar-refractivity contribution in [3.63, 3.8) is 0 Å². The van der Waals surface area contributed by atoms with E-state index in [1.807, 2.05) is 44.2 Å². The molecule has 0 aliphatic carbocycles. The van der Waals surface area contributed by atoms with Gasteiger partial charge in [0.2, 0.25) is 5.79 Å². The van der Waals surface area contributed by atoms with Gasteiger partial charge < -0.3 is 24.4 Å². The van der Waals surface area contributed by atoms with Gasteiger partial charge in [-0.1, -0.05) is 42.5 Å². The van der Waals surface area contributed by atoms with E-state index in [0.29, 0.717) is 18.8 Å². The molecule has 0 heterocycles. The standard InChI is InChI=1S/C27H30O6/c1-4-31-26(3,32-5-2)27(22-9-7-6-8-10-22,19-20-11-15-23(28)16-12-20)33-25(30)21-13-17-24(29)18-14-21/h6-18,28-29H,4-5,19H2,1-3H3. The molecule has 0 saturated carbocycles. The molecule has 3 aromatic rings. The maximum absolute atomic E-state index is 13.4. The summed E-state index contributed by atoms with van der Waals surface area (Å²) >= 11 is 0. The van der Waals surface area contributed by atoms with Crippen LogP contribution in [0.15, 0.2) is 78.9 Å². The Labute approximate surface area is 194 Å². The molecule has 0 fully saturated rings. The van der Waals surface area contributed by atoms with Crippen LogP contribution in [0.1, 0.15) is 42.3 Å². The summed E-state index contributed by atoms with van der Waals surface area (Å²) in [5.74, 6) is -1.72. The summed E-state index contributed by atoms with van der Waals surface area (Å²) < 4.78 is 18.6. The predicted octanol–water partition coefficient (Wildman–Crippen LogP) is 5.18. The van der Waals surface area contributed by atoms with Crippen molar-refractivity contribution in [1.82, 2.24) is 0 Å². The Morgan fingerprint density at radius 2 is 1.30 bits per heavy atom. The molecular weight excluding hydrogens is 420 g/mol. The lowest BCUT2D eigenvalue weighted by Gasteiger charge is -2.47. The molecule has 3 aromatic carbocycles. The number of carbonyl (C=O) groups is 1. The molecule has 174 valence electrons. The maximum Gasteiger partial charge on any atom is 0.339 e. The molecule has 0 amide bonds. The van der Waals surface area contributed by atoms with Gasteiger partial charge >= 0.3 is 5.97 Å². The number of phenols is 2. The summed E-state index contributed by atoms with van der Waals surface area (Å²) in [6.45, 7) is 6.15. The highest BCUT2D eigenvalue weighted by Crippen LogP contribution is 2.44. The van der Waals surface area contributed by atoms with Crippen LogP contribution in [0.4, 0.5) is 0 Å². The maximum atomic E-state index is 13.4. The molecule has 0 saturated heterocycles. The number of hydrogen-bond donors (Lipinski definition) is 2. The summed E-state index contributed by atoms with van der Waals surface area (Å²) in [5.41, 5.74) is 0.441. The molecule has 0 aliphatic heterocycles. The summed E-state index contributed by atoms with van der Waals surface area (Å²) in [7, 11) is 0. The Morgan fingerprint density at radius 1 is 0.788 bits per heavy atom. The van der Waals surface area contributed by atoms with Crippen LogP contribution in [-0.2, 0) is 26.2 Å². The van der Waals surface area contributed by atoms with E-state index in [9.17, 15) is 15.0 Å². The molecule has 0 bridgehead atoms. The lowest BCUT2D eigenvalue weighted by molar-refractivity contribution is -0.313. The molecule has 6 nitrogen and oxygen atoms in total. The first-order valence-electron chi connectivity index (χ1n) is 11.0. The van der Waals surface area contributed by atoms with Crippen molar-refractivity contribution in [1.29, 1.82) is 0 Å². The topological polar surface area (TPSA) is 85.2 Å². The minimum Gasteiger partial charge on any atom is -0.508 e. The fourth-order valence-electron chi connectivity index (χ4n) is 3.96. The Kier molecular flexibility index (Phi) is 7.74. The SMILES string of the molecule is CCOC(C)(OCC)C(Cc1ccc(O)cc1)(OC(=O)c1ccc(O)cc1)c1ccccc1. The highest BCUT2D eigenvalue weighted by atomic mass is 16.7. The average molecular weight is 451 g/mol. The molecule has 2 N–H and O–H groups in total. The van der Waals surface area contributed by atoms with E-state index in [0.717, 1.165) is 5.56 Å². The first kappa shape index (κ1) is 24.3. The van der Waals surface area contributed by atoms with Gasteiger partial charge in [0, 0.05) is 25.2 Å². The zero-order valence-electron chi connectivity index (χ0n) is 19.2. The largest absolute Gasteiger partial charge is 0.508 e. The number of hydrogen-bond acceptors (Lipinski definition) is 6. The second-order valence-electron chi connectivity index (χ2n) is 7.78. The van der Waals surface area contributed by atoms with Crippen molar-refractivity contribution < 1.29 is 29.2 Å². The number of benzene rings is 3. The lowest BCUT2D eigenvalue weighted by Crippen LogP contribution is -2.57. The Bertz CT molecular complexity index is 1020. The first-order valence-corrected chi connectivity index (χ1v) is 11.0. The van der Waals surface area contributed by atoms with Crippen LogP contribution >= 0.6 is 0 Å². The molecule has 6 heteroatoms. The molecule has 1 unspecified atom stereocenters. The average Bonchev–Trinajstić information content (AvgIpc) is 2.81. The lowest BCUT2D eigenvalue weighted by atomic mass is 9.80. The molecule has 0 radical (unpaired) electrons. The van der Waals surface area contributed by atoms with Gasteiger partial charge in [-0.2, -0.15) is 0 Å². The molecule has 0 aliphatic rings. The van der Waals surface area contributed by atoms with Gasteiger partial charge in [-0.25, -0.2) is 4.79 Å². The van der Waals surface area contributed by atoms with Crippen LogP contribution in [0.25, 0.3) is 0 Å². The summed E-state index contributed by atoms with van der Waals surface area (Å²) in [6.07, 6.45) is 0.234. The van der Waals surface area contributed by atoms with Gasteiger partial charge in [0.05, 0.1) is 5.56 Å². The van der Waals surface area contributed by atoms with E-state index >= 15 is 0 Å². The van der Waals surface area contributed by atoms with E-state index in [4.69, 9.17) is 14.2 Å². The van der Waals surface area contributed by atoms with E-state index in [1.165, 1.54) is 24.3 Å². The fraction of sp³-hybridized carbons (Fsp3) is 0.296. The van der Waals surface area contributed by atoms with Gasteiger partial charge in [0.15, 0.2) is 5.60 Å². The smallest absolute Gasteiger partial charge is 0.339 e. The van der Waals surface area contributed by atoms with Crippen LogP contribution in [0, 0.1) is 0 Å². The van der Waals surface area contributed by atoms with E-state index in [-0.39, 0.29) is 23.5 Å². The van der Waals surface area contributed by atoms with Crippen molar-refractivity contribution in [2.45, 2.75) is 38.6 Å². The molecule has 3 rings (SSSR count). The quantitative estimate of drug-likeness (QED) is 0.327. The minimum atomic E-state index is -1.37. The number of aromatic hydroxyl groups is 2. The number of ether oxygens (including phenoxy) is 3. The van der Waals surface area contributed by atoms with Crippen molar-refractivity contribution in [3.8, 4) is 11.5 Å². The van der Waals surface area contributed by atoms with Crippen molar-refractivity contribution in [2.75, 3.05) is 13.2 Å². The Morgan fingerprint density at radius 3 is 1.82 bits per heavy atom. The second-order valence-corrected chi connectivity index (χ2v) is 7.78. The number of esters is 1. The van der Waals surface area contributed by atoms with Crippen molar-refractivity contribution in [3.05, 3.63) is 95.6 Å². The van der Waals surface area contributed by atoms with E-state index < -0.39 is 17.4 Å². The number of rotatable bonds is 10. The second kappa shape index (κ2) is 10.5. The highest BCUT2D eigenvalue weighted by molar-refractivity contribution is 5.90. The fourth-order valence-corrected chi connectivity index (χ4v) is 3.96. The van der Waals surface area contributed by atoms with E-state index in [1.54, 1.807) is 31.2 Å². The third kappa shape index (κ3) is 5.35. The summed E-state index contributed by atoms with van der Waals surface area (Å²) in [4.78, 5) is 13.4. The summed E-state index contributed by atoms with van der Waals surface area (Å²) in [6, 6.07) is 22.0. The number of carbonyl (C=O) groups excluding carboxylic acids is 1. The van der Waals surface area contributed by atoms with Crippen LogP contribution in [-0.4, -0.2) is 35.2 Å². The minimum absolute atomic E-state index is 0.0541. The van der Waals surface area contributed by atoms with Crippen LogP contribution in [0.2, 0.25) is 0 Å². The van der Waals surface area contributed by atoms with Crippen molar-refractivity contribution >= 4 is 5.97 Å². The van der Waals surface area contributed by atoms with Crippen LogP contribution in [0.5, 0.6) is 11.5 Å². The summed E-state index contributed by atoms with van der Waals surface area (Å²) in [5, 5.41) is 19.4. The van der Waals surface area contributed by atoms with Crippen molar-refractivity contribution in [2.24, 2.45) is 0 Å². The van der Waals surface area contributed by atoms with Gasteiger partial charge in [0.25, 0.3) is 0 Å². The third-order valence-corrected chi connectivity index (χ3v) is 5.57. The highest BCUT2D eigenvalue weighted by Gasteiger charge is 2.55. The first-order chi connectivity index (χ1) is 15.8. The van der Waals surface area contributed by atoms with Crippen LogP contribution in [0.3, 0.4) is 0 Å². The van der Waals surface area contributed by atoms with E-state index in [2.05, 4.69) is 0 Å². The normalized spacial score (nSPS) is 13.3. The zero-order valence-corrected chi connectivity index (χ0v) is 19.2. The number of phenolic OH excluding ortho intramolecular Hbond substituents is 2. The van der Waals surface area contributed by atoms with Gasteiger partial charge in [0.1, 0.15) is 11.5 Å². The Hall–Kier alpha value is -3.35. The monoisotopic (exact) mass is 450 g/mol. The van der Waals surface area contributed by atoms with Gasteiger partial charge in [-0.05, 0) is 62.7 Å². The van der Waals surface area contributed by atoms with Crippen LogP contribution < -0.4 is 0 Å². The molecule has 0 aromatic heterocycles. The Balaban J connectivity index is 2.20. The molecule has 0 spiro atoms. The van der Waals surface area contributed by atoms with Gasteiger partial charge in [-0.15, -0.1) is 0 Å². The molecule has 1 atom stereocenters. The molecular formula is C27H30O6. The third-order valence-electron chi connectivity index (χ3n) is 5.57. The molecule has 33 heavy (non-hydrogen) atoms. The van der Waals surface area contributed by atoms with Gasteiger partial charge in [-0.3, -0.25) is 0 Å².